The van der Waals surface area contributed by atoms with Crippen LogP contribution in [0.3, 0.4) is 0 Å². The number of fused-ring (bicyclic) bond motifs is 1. The molecule has 0 unspecified atom stereocenters. The average Bonchev–Trinajstić information content (AvgIpc) is 3.33. The number of carbonyl (C=O) groups excluding carboxylic acids is 2. The molecule has 1 saturated carbocycles. The fourth-order valence-electron chi connectivity index (χ4n) is 3.70. The Balaban J connectivity index is 1.27. The van der Waals surface area contributed by atoms with Crippen LogP contribution < -0.4 is 5.32 Å². The molecule has 6 nitrogen and oxygen atoms in total. The van der Waals surface area contributed by atoms with Gasteiger partial charge in [0, 0.05) is 42.3 Å². The first kappa shape index (κ1) is 18.4. The van der Waals surface area contributed by atoms with Gasteiger partial charge in [0.05, 0.1) is 11.9 Å². The quantitative estimate of drug-likeness (QED) is 0.518. The third-order valence-electron chi connectivity index (χ3n) is 5.48. The molecule has 1 fully saturated rings. The number of nitrogens with zero attached hydrogens (tertiary/aromatic N) is 2. The van der Waals surface area contributed by atoms with E-state index in [1.54, 1.807) is 10.8 Å². The fraction of sp³-hybridized carbons (Fsp3) is 0.208. The zero-order valence-electron chi connectivity index (χ0n) is 16.6. The van der Waals surface area contributed by atoms with Gasteiger partial charge in [-0.15, -0.1) is 0 Å². The molecule has 2 N–H and O–H groups in total. The minimum atomic E-state index is -0.0850. The molecule has 1 amide bonds. The maximum Gasteiger partial charge on any atom is 0.229 e. The molecule has 1 radical (unpaired) electrons. The zero-order chi connectivity index (χ0) is 20.7. The highest BCUT2D eigenvalue weighted by molar-refractivity contribution is 5.93. The standard InChI is InChI=1S/C24H21N4O2/c1-15(29)28-11-10-20-13-19(8-9-22(20)28)17-4-2-16(3-5-17)12-24(30)25-23-14-21(26-27-23)18-6-7-18/h2-5,8-9,11,13-14,18H,6-7,12H2,1H3,(H2,25,26,27,30). The second kappa shape index (κ2) is 7.30. The number of aromatic amines is 1. The molecule has 5 rings (SSSR count). The Kier molecular flexibility index (Phi) is 4.47. The van der Waals surface area contributed by atoms with E-state index >= 15 is 0 Å². The van der Waals surface area contributed by atoms with Crippen LogP contribution in [0.1, 0.15) is 41.7 Å². The second-order valence-electron chi connectivity index (χ2n) is 7.80. The number of aromatic nitrogens is 3. The van der Waals surface area contributed by atoms with Gasteiger partial charge >= 0.3 is 0 Å². The molecule has 1 aliphatic rings. The van der Waals surface area contributed by atoms with E-state index in [1.807, 2.05) is 48.5 Å². The monoisotopic (exact) mass is 397 g/mol. The van der Waals surface area contributed by atoms with Crippen LogP contribution in [-0.4, -0.2) is 26.6 Å². The Bertz CT molecular complexity index is 1250. The van der Waals surface area contributed by atoms with Crippen molar-refractivity contribution in [2.75, 3.05) is 5.32 Å². The van der Waals surface area contributed by atoms with Gasteiger partial charge in [-0.05, 0) is 41.7 Å². The first-order chi connectivity index (χ1) is 14.6. The van der Waals surface area contributed by atoms with Gasteiger partial charge in [-0.1, -0.05) is 30.3 Å². The van der Waals surface area contributed by atoms with E-state index in [0.717, 1.165) is 33.3 Å². The summed E-state index contributed by atoms with van der Waals surface area (Å²) in [5, 5.41) is 10.9. The van der Waals surface area contributed by atoms with Crippen molar-refractivity contribution in [3.63, 3.8) is 0 Å². The first-order valence-corrected chi connectivity index (χ1v) is 10.0. The van der Waals surface area contributed by atoms with Crippen LogP contribution in [0.2, 0.25) is 0 Å². The summed E-state index contributed by atoms with van der Waals surface area (Å²) in [5.41, 5.74) is 4.97. The molecule has 2 heterocycles. The van der Waals surface area contributed by atoms with Gasteiger partial charge in [-0.3, -0.25) is 19.3 Å². The average molecular weight is 397 g/mol. The van der Waals surface area contributed by atoms with E-state index in [0.29, 0.717) is 18.2 Å². The van der Waals surface area contributed by atoms with Gasteiger partial charge in [0.2, 0.25) is 11.8 Å². The lowest BCUT2D eigenvalue weighted by Gasteiger charge is -2.06. The number of hydrogen-bond donors (Lipinski definition) is 2. The van der Waals surface area contributed by atoms with Crippen molar-refractivity contribution in [2.24, 2.45) is 0 Å². The third-order valence-corrected chi connectivity index (χ3v) is 5.48. The van der Waals surface area contributed by atoms with Crippen LogP contribution in [0.25, 0.3) is 22.0 Å². The van der Waals surface area contributed by atoms with E-state index in [-0.39, 0.29) is 11.8 Å². The lowest BCUT2D eigenvalue weighted by atomic mass is 10.0. The molecule has 0 saturated heterocycles. The third kappa shape index (κ3) is 3.64. The largest absolute Gasteiger partial charge is 0.309 e. The molecule has 0 aliphatic heterocycles. The van der Waals surface area contributed by atoms with Gasteiger partial charge in [0.15, 0.2) is 5.82 Å². The van der Waals surface area contributed by atoms with Crippen LogP contribution in [0.5, 0.6) is 0 Å². The van der Waals surface area contributed by atoms with Gasteiger partial charge in [0.1, 0.15) is 0 Å². The van der Waals surface area contributed by atoms with E-state index in [9.17, 15) is 9.59 Å². The van der Waals surface area contributed by atoms with E-state index in [1.165, 1.54) is 19.8 Å². The molecule has 2 aromatic carbocycles. The summed E-state index contributed by atoms with van der Waals surface area (Å²) in [6.45, 7) is 1.54. The summed E-state index contributed by atoms with van der Waals surface area (Å²) in [5.74, 6) is 1.04. The predicted molar refractivity (Wildman–Crippen MR) is 115 cm³/mol. The van der Waals surface area contributed by atoms with Gasteiger partial charge in [-0.25, -0.2) is 0 Å². The molecule has 30 heavy (non-hydrogen) atoms. The van der Waals surface area contributed by atoms with Crippen LogP contribution in [-0.2, 0) is 11.2 Å². The number of H-pyrrole nitrogens is 1. The maximum atomic E-state index is 12.3. The molecule has 2 aromatic heterocycles. The minimum Gasteiger partial charge on any atom is -0.309 e. The summed E-state index contributed by atoms with van der Waals surface area (Å²) in [6.07, 6.45) is 4.34. The lowest BCUT2D eigenvalue weighted by molar-refractivity contribution is -0.115. The number of hydrogen-bond acceptors (Lipinski definition) is 3. The molecule has 149 valence electrons. The highest BCUT2D eigenvalue weighted by Gasteiger charge is 2.25. The molecular weight excluding hydrogens is 376 g/mol. The molecule has 0 spiro atoms. The van der Waals surface area contributed by atoms with E-state index in [2.05, 4.69) is 21.6 Å². The highest BCUT2D eigenvalue weighted by atomic mass is 16.2. The highest BCUT2D eigenvalue weighted by Crippen LogP contribution is 2.39. The Labute approximate surface area is 173 Å². The predicted octanol–water partition coefficient (Wildman–Crippen LogP) is 4.55. The van der Waals surface area contributed by atoms with Crippen LogP contribution >= 0.6 is 0 Å². The van der Waals surface area contributed by atoms with Gasteiger partial charge in [0.25, 0.3) is 0 Å². The normalized spacial score (nSPS) is 13.5. The van der Waals surface area contributed by atoms with Crippen molar-refractivity contribution >= 4 is 28.5 Å². The van der Waals surface area contributed by atoms with Crippen molar-refractivity contribution in [2.45, 2.75) is 32.1 Å². The summed E-state index contributed by atoms with van der Waals surface area (Å²) >= 11 is 0. The summed E-state index contributed by atoms with van der Waals surface area (Å²) in [7, 11) is 0. The van der Waals surface area contributed by atoms with Crippen LogP contribution in [0.4, 0.5) is 5.82 Å². The van der Waals surface area contributed by atoms with Crippen molar-refractivity contribution < 1.29 is 9.59 Å². The number of nitrogens with one attached hydrogen (secondary N) is 2. The van der Waals surface area contributed by atoms with Crippen molar-refractivity contribution in [3.05, 3.63) is 72.1 Å². The van der Waals surface area contributed by atoms with Crippen LogP contribution in [0, 0.1) is 6.07 Å². The van der Waals surface area contributed by atoms with Crippen molar-refractivity contribution in [1.29, 1.82) is 0 Å². The van der Waals surface area contributed by atoms with E-state index in [4.69, 9.17) is 0 Å². The summed E-state index contributed by atoms with van der Waals surface area (Å²) in [4.78, 5) is 24.0. The number of rotatable bonds is 5. The minimum absolute atomic E-state index is 0.0322. The lowest BCUT2D eigenvalue weighted by Crippen LogP contribution is -2.14. The molecule has 4 aromatic rings. The molecule has 1 aliphatic carbocycles. The first-order valence-electron chi connectivity index (χ1n) is 10.0. The van der Waals surface area contributed by atoms with Gasteiger partial charge < -0.3 is 5.32 Å². The molecule has 0 bridgehead atoms. The number of benzene rings is 2. The Hall–Kier alpha value is -3.67. The van der Waals surface area contributed by atoms with Crippen molar-refractivity contribution in [1.82, 2.24) is 14.8 Å². The summed E-state index contributed by atoms with van der Waals surface area (Å²) in [6, 6.07) is 18.9. The topological polar surface area (TPSA) is 79.8 Å². The van der Waals surface area contributed by atoms with Crippen molar-refractivity contribution in [3.8, 4) is 11.1 Å². The Morgan fingerprint density at radius 1 is 1.13 bits per heavy atom. The SMILES string of the molecule is CC(=O)n1c[c]c2cc(-c3ccc(CC(=O)Nc4cc(C5CC5)[nH]n4)cc3)ccc21. The smallest absolute Gasteiger partial charge is 0.229 e. The molecule has 6 heteroatoms. The number of carbonyl (C=O) groups is 2. The van der Waals surface area contributed by atoms with Crippen LogP contribution in [0.15, 0.2) is 54.7 Å². The summed E-state index contributed by atoms with van der Waals surface area (Å²) < 4.78 is 1.59. The van der Waals surface area contributed by atoms with Gasteiger partial charge in [-0.2, -0.15) is 5.10 Å². The maximum absolute atomic E-state index is 12.3. The zero-order valence-corrected chi connectivity index (χ0v) is 16.6. The molecule has 0 atom stereocenters. The number of anilines is 1. The number of amides is 1. The second-order valence-corrected chi connectivity index (χ2v) is 7.80. The Morgan fingerprint density at radius 3 is 2.63 bits per heavy atom. The Morgan fingerprint density at radius 2 is 1.90 bits per heavy atom. The van der Waals surface area contributed by atoms with E-state index < -0.39 is 0 Å². The molecular formula is C24H21N4O2. The fourth-order valence-corrected chi connectivity index (χ4v) is 3.70.